The van der Waals surface area contributed by atoms with Gasteiger partial charge in [-0.25, -0.2) is 0 Å². The van der Waals surface area contributed by atoms with Crippen LogP contribution in [0.3, 0.4) is 0 Å². The topological polar surface area (TPSA) is 81.9 Å². The van der Waals surface area contributed by atoms with Crippen LogP contribution in [0.5, 0.6) is 5.75 Å². The highest BCUT2D eigenvalue weighted by Crippen LogP contribution is 2.30. The molecule has 3 heterocycles. The number of aromatic nitrogens is 4. The number of nitrogens with one attached hydrogen (secondary N) is 1. The van der Waals surface area contributed by atoms with Gasteiger partial charge in [0, 0.05) is 36.6 Å². The lowest BCUT2D eigenvalue weighted by Crippen LogP contribution is -2.38. The predicted molar refractivity (Wildman–Crippen MR) is 112 cm³/mol. The number of carbonyl (C=O) groups excluding carboxylic acids is 1. The summed E-state index contributed by atoms with van der Waals surface area (Å²) >= 11 is 0. The fraction of sp³-hybridized carbons (Fsp3) is 0.391. The van der Waals surface area contributed by atoms with E-state index in [0.29, 0.717) is 12.5 Å². The Balaban J connectivity index is 1.13. The summed E-state index contributed by atoms with van der Waals surface area (Å²) in [5, 5.41) is 7.76. The molecule has 1 aromatic carbocycles. The van der Waals surface area contributed by atoms with Crippen LogP contribution in [0.1, 0.15) is 42.9 Å². The molecule has 2 aliphatic rings. The zero-order valence-corrected chi connectivity index (χ0v) is 16.8. The lowest BCUT2D eigenvalue weighted by Gasteiger charge is -2.29. The van der Waals surface area contributed by atoms with Gasteiger partial charge in [-0.05, 0) is 42.9 Å². The maximum absolute atomic E-state index is 12.5. The Labute approximate surface area is 175 Å². The minimum Gasteiger partial charge on any atom is -0.493 e. The SMILES string of the molecule is O=C(Cc1ccc2c(c1)CCO2)NC1CCC(n2cc(-c3cnccn3)cn2)CC1. The Bertz CT molecular complexity index is 1030. The summed E-state index contributed by atoms with van der Waals surface area (Å²) in [6, 6.07) is 6.68. The normalized spacial score (nSPS) is 20.4. The van der Waals surface area contributed by atoms with Crippen molar-refractivity contribution in [1.29, 1.82) is 0 Å². The molecule has 0 radical (unpaired) electrons. The van der Waals surface area contributed by atoms with Crippen LogP contribution >= 0.6 is 0 Å². The van der Waals surface area contributed by atoms with Crippen molar-refractivity contribution >= 4 is 5.91 Å². The molecule has 154 valence electrons. The molecule has 1 aliphatic carbocycles. The molecular formula is C23H25N5O2. The standard InChI is InChI=1S/C23H25N5O2/c29-23(12-16-1-6-22-17(11-16)7-10-30-22)27-19-2-4-20(5-3-19)28-15-18(13-26-28)21-14-24-8-9-25-21/h1,6,8-9,11,13-15,19-20H,2-5,7,10,12H2,(H,27,29). The fourth-order valence-electron chi connectivity index (χ4n) is 4.42. The van der Waals surface area contributed by atoms with Crippen LogP contribution in [0, 0.1) is 0 Å². The first kappa shape index (κ1) is 18.8. The zero-order chi connectivity index (χ0) is 20.3. The van der Waals surface area contributed by atoms with Gasteiger partial charge in [0.2, 0.25) is 5.91 Å². The van der Waals surface area contributed by atoms with Crippen LogP contribution in [0.15, 0.2) is 49.2 Å². The molecule has 7 heteroatoms. The van der Waals surface area contributed by atoms with E-state index in [0.717, 1.165) is 61.3 Å². The Kier molecular flexibility index (Phi) is 5.17. The first-order valence-corrected chi connectivity index (χ1v) is 10.6. The highest BCUT2D eigenvalue weighted by molar-refractivity contribution is 5.79. The summed E-state index contributed by atoms with van der Waals surface area (Å²) in [6.07, 6.45) is 14.3. The molecule has 1 amide bonds. The molecule has 0 spiro atoms. The second-order valence-corrected chi connectivity index (χ2v) is 8.09. The molecule has 0 atom stereocenters. The van der Waals surface area contributed by atoms with E-state index in [4.69, 9.17) is 4.74 Å². The van der Waals surface area contributed by atoms with E-state index in [1.807, 2.05) is 29.2 Å². The van der Waals surface area contributed by atoms with Crippen molar-refractivity contribution in [3.63, 3.8) is 0 Å². The van der Waals surface area contributed by atoms with Crippen LogP contribution < -0.4 is 10.1 Å². The largest absolute Gasteiger partial charge is 0.493 e. The molecule has 1 fully saturated rings. The molecule has 3 aromatic rings. The van der Waals surface area contributed by atoms with E-state index in [1.54, 1.807) is 18.6 Å². The average molecular weight is 403 g/mol. The first-order valence-electron chi connectivity index (χ1n) is 10.6. The molecule has 1 N–H and O–H groups in total. The molecule has 1 saturated carbocycles. The van der Waals surface area contributed by atoms with Crippen LogP contribution in [0.2, 0.25) is 0 Å². The number of nitrogens with zero attached hydrogens (tertiary/aromatic N) is 4. The summed E-state index contributed by atoms with van der Waals surface area (Å²) in [6.45, 7) is 0.741. The van der Waals surface area contributed by atoms with Crippen molar-refractivity contribution in [2.45, 2.75) is 50.6 Å². The molecular weight excluding hydrogens is 378 g/mol. The number of benzene rings is 1. The fourth-order valence-corrected chi connectivity index (χ4v) is 4.42. The molecule has 0 bridgehead atoms. The quantitative estimate of drug-likeness (QED) is 0.708. The summed E-state index contributed by atoms with van der Waals surface area (Å²) in [7, 11) is 0. The molecule has 2 aromatic heterocycles. The van der Waals surface area contributed by atoms with Crippen LogP contribution in [-0.2, 0) is 17.6 Å². The number of amides is 1. The van der Waals surface area contributed by atoms with Gasteiger partial charge >= 0.3 is 0 Å². The van der Waals surface area contributed by atoms with E-state index in [-0.39, 0.29) is 11.9 Å². The molecule has 0 unspecified atom stereocenters. The number of rotatable bonds is 5. The van der Waals surface area contributed by atoms with Gasteiger partial charge in [-0.2, -0.15) is 5.10 Å². The molecule has 5 rings (SSSR count). The maximum atomic E-state index is 12.5. The highest BCUT2D eigenvalue weighted by Gasteiger charge is 2.24. The lowest BCUT2D eigenvalue weighted by atomic mass is 9.91. The number of ether oxygens (including phenoxy) is 1. The third kappa shape index (κ3) is 4.06. The molecule has 7 nitrogen and oxygen atoms in total. The van der Waals surface area contributed by atoms with Crippen molar-refractivity contribution in [1.82, 2.24) is 25.1 Å². The van der Waals surface area contributed by atoms with E-state index in [9.17, 15) is 4.79 Å². The van der Waals surface area contributed by atoms with Gasteiger partial charge < -0.3 is 10.1 Å². The minimum absolute atomic E-state index is 0.0985. The predicted octanol–water partition coefficient (Wildman–Crippen LogP) is 3.12. The van der Waals surface area contributed by atoms with Crippen molar-refractivity contribution in [2.75, 3.05) is 6.61 Å². The van der Waals surface area contributed by atoms with Crippen LogP contribution in [0.4, 0.5) is 0 Å². The maximum Gasteiger partial charge on any atom is 0.224 e. The van der Waals surface area contributed by atoms with Crippen molar-refractivity contribution in [3.8, 4) is 17.0 Å². The van der Waals surface area contributed by atoms with E-state index in [2.05, 4.69) is 26.4 Å². The number of hydrogen-bond donors (Lipinski definition) is 1. The van der Waals surface area contributed by atoms with Crippen LogP contribution in [0.25, 0.3) is 11.3 Å². The Morgan fingerprint density at radius 1 is 1.17 bits per heavy atom. The third-order valence-electron chi connectivity index (χ3n) is 6.01. The second kappa shape index (κ2) is 8.26. The third-order valence-corrected chi connectivity index (χ3v) is 6.01. The highest BCUT2D eigenvalue weighted by atomic mass is 16.5. The monoisotopic (exact) mass is 403 g/mol. The summed E-state index contributed by atoms with van der Waals surface area (Å²) in [4.78, 5) is 21.0. The van der Waals surface area contributed by atoms with Crippen LogP contribution in [-0.4, -0.2) is 38.3 Å². The van der Waals surface area contributed by atoms with E-state index < -0.39 is 0 Å². The Morgan fingerprint density at radius 2 is 2.07 bits per heavy atom. The second-order valence-electron chi connectivity index (χ2n) is 8.09. The summed E-state index contributed by atoms with van der Waals surface area (Å²) < 4.78 is 7.58. The van der Waals surface area contributed by atoms with Crippen molar-refractivity contribution in [2.24, 2.45) is 0 Å². The van der Waals surface area contributed by atoms with E-state index >= 15 is 0 Å². The average Bonchev–Trinajstić information content (AvgIpc) is 3.44. The molecule has 1 aliphatic heterocycles. The van der Waals surface area contributed by atoms with Crippen molar-refractivity contribution in [3.05, 3.63) is 60.3 Å². The Hall–Kier alpha value is -3.22. The van der Waals surface area contributed by atoms with Gasteiger partial charge in [-0.15, -0.1) is 0 Å². The minimum atomic E-state index is 0.0985. The van der Waals surface area contributed by atoms with Crippen molar-refractivity contribution < 1.29 is 9.53 Å². The van der Waals surface area contributed by atoms with Gasteiger partial charge in [-0.3, -0.25) is 19.4 Å². The smallest absolute Gasteiger partial charge is 0.224 e. The van der Waals surface area contributed by atoms with Gasteiger partial charge in [0.25, 0.3) is 0 Å². The molecule has 30 heavy (non-hydrogen) atoms. The lowest BCUT2D eigenvalue weighted by molar-refractivity contribution is -0.121. The van der Waals surface area contributed by atoms with Gasteiger partial charge in [-0.1, -0.05) is 12.1 Å². The van der Waals surface area contributed by atoms with Gasteiger partial charge in [0.05, 0.1) is 37.2 Å². The summed E-state index contributed by atoms with van der Waals surface area (Å²) in [5.74, 6) is 1.06. The number of carbonyl (C=O) groups is 1. The number of hydrogen-bond acceptors (Lipinski definition) is 5. The van der Waals surface area contributed by atoms with Gasteiger partial charge in [0.15, 0.2) is 0 Å². The summed E-state index contributed by atoms with van der Waals surface area (Å²) in [5.41, 5.74) is 4.08. The molecule has 0 saturated heterocycles. The first-order chi connectivity index (χ1) is 14.7. The van der Waals surface area contributed by atoms with Gasteiger partial charge in [0.1, 0.15) is 5.75 Å². The zero-order valence-electron chi connectivity index (χ0n) is 16.8. The number of fused-ring (bicyclic) bond motifs is 1. The van der Waals surface area contributed by atoms with E-state index in [1.165, 1.54) is 5.56 Å². The Morgan fingerprint density at radius 3 is 2.90 bits per heavy atom.